The highest BCUT2D eigenvalue weighted by molar-refractivity contribution is 7.10. The summed E-state index contributed by atoms with van der Waals surface area (Å²) >= 11 is 6.73. The van der Waals surface area contributed by atoms with Gasteiger partial charge in [0.05, 0.1) is 17.7 Å². The summed E-state index contributed by atoms with van der Waals surface area (Å²) in [6, 6.07) is 8.59. The lowest BCUT2D eigenvalue weighted by molar-refractivity contribution is 0.102. The highest BCUT2D eigenvalue weighted by Gasteiger charge is 2.17. The van der Waals surface area contributed by atoms with E-state index in [1.165, 1.54) is 0 Å². The minimum Gasteiger partial charge on any atom is -0.497 e. The maximum atomic E-state index is 13.3. The van der Waals surface area contributed by atoms with Crippen LogP contribution in [0.25, 0.3) is 11.4 Å². The number of nitrogens with zero attached hydrogens (tertiary/aromatic N) is 2. The zero-order chi connectivity index (χ0) is 18.0. The molecule has 0 aliphatic carbocycles. The molecule has 0 fully saturated rings. The van der Waals surface area contributed by atoms with E-state index >= 15 is 0 Å². The average molecular weight is 382 g/mol. The van der Waals surface area contributed by atoms with Crippen LogP contribution >= 0.6 is 23.1 Å². The Morgan fingerprint density at radius 2 is 2.00 bits per heavy atom. The highest BCUT2D eigenvalue weighted by atomic mass is 35.5. The fourth-order valence-electron chi connectivity index (χ4n) is 2.01. The van der Waals surface area contributed by atoms with Crippen molar-refractivity contribution in [3.8, 4) is 17.1 Å². The highest BCUT2D eigenvalue weighted by Crippen LogP contribution is 2.26. The number of amides is 1. The third-order valence-corrected chi connectivity index (χ3v) is 4.17. The zero-order valence-electron chi connectivity index (χ0n) is 12.7. The van der Waals surface area contributed by atoms with Crippen LogP contribution in [-0.4, -0.2) is 22.4 Å². The van der Waals surface area contributed by atoms with Crippen molar-refractivity contribution in [2.45, 2.75) is 0 Å². The molecule has 1 amide bonds. The molecule has 1 aromatic heterocycles. The number of nitrogens with one attached hydrogen (secondary N) is 1. The molecule has 128 valence electrons. The second kappa shape index (κ2) is 7.12. The topological polar surface area (TPSA) is 64.1 Å². The quantitative estimate of drug-likeness (QED) is 0.680. The number of carbonyl (C=O) groups excluding carboxylic acids is 1. The van der Waals surface area contributed by atoms with Crippen molar-refractivity contribution in [1.82, 2.24) is 9.36 Å². The second-order valence-electron chi connectivity index (χ2n) is 4.86. The monoisotopic (exact) mass is 381 g/mol. The molecule has 9 heteroatoms. The molecule has 0 saturated heterocycles. The van der Waals surface area contributed by atoms with Gasteiger partial charge in [0.1, 0.15) is 5.75 Å². The van der Waals surface area contributed by atoms with Crippen LogP contribution in [0.4, 0.5) is 13.9 Å². The van der Waals surface area contributed by atoms with E-state index in [-0.39, 0.29) is 15.7 Å². The molecule has 0 bridgehead atoms. The van der Waals surface area contributed by atoms with Crippen molar-refractivity contribution in [2.24, 2.45) is 0 Å². The fraction of sp³-hybridized carbons (Fsp3) is 0.0625. The van der Waals surface area contributed by atoms with Crippen molar-refractivity contribution in [3.63, 3.8) is 0 Å². The lowest BCUT2D eigenvalue weighted by Crippen LogP contribution is -2.13. The molecule has 0 radical (unpaired) electrons. The maximum absolute atomic E-state index is 13.3. The molecule has 0 aliphatic rings. The number of hydrogen-bond acceptors (Lipinski definition) is 5. The summed E-state index contributed by atoms with van der Waals surface area (Å²) in [5.74, 6) is -1.96. The summed E-state index contributed by atoms with van der Waals surface area (Å²) in [7, 11) is 1.55. The summed E-state index contributed by atoms with van der Waals surface area (Å²) in [6.45, 7) is 0. The van der Waals surface area contributed by atoms with E-state index in [1.54, 1.807) is 31.4 Å². The van der Waals surface area contributed by atoms with Crippen LogP contribution in [0.2, 0.25) is 5.02 Å². The Bertz CT molecular complexity index is 949. The van der Waals surface area contributed by atoms with Gasteiger partial charge in [-0.1, -0.05) is 23.7 Å². The predicted octanol–water partition coefficient (Wildman–Crippen LogP) is 4.40. The molecule has 0 aliphatic heterocycles. The first-order chi connectivity index (χ1) is 12.0. The molecular formula is C16H10ClF2N3O2S. The van der Waals surface area contributed by atoms with Gasteiger partial charge in [-0.3, -0.25) is 10.1 Å². The van der Waals surface area contributed by atoms with E-state index in [9.17, 15) is 13.6 Å². The molecule has 1 heterocycles. The third kappa shape index (κ3) is 3.75. The molecule has 5 nitrogen and oxygen atoms in total. The van der Waals surface area contributed by atoms with Crippen LogP contribution in [0.5, 0.6) is 5.75 Å². The number of benzene rings is 2. The Balaban J connectivity index is 1.81. The minimum absolute atomic E-state index is 0.196. The van der Waals surface area contributed by atoms with E-state index in [2.05, 4.69) is 14.7 Å². The first-order valence-corrected chi connectivity index (χ1v) is 8.07. The maximum Gasteiger partial charge on any atom is 0.259 e. The second-order valence-corrected chi connectivity index (χ2v) is 6.01. The van der Waals surface area contributed by atoms with Gasteiger partial charge in [-0.25, -0.2) is 8.78 Å². The van der Waals surface area contributed by atoms with Crippen LogP contribution in [0.3, 0.4) is 0 Å². The van der Waals surface area contributed by atoms with Gasteiger partial charge in [0.15, 0.2) is 17.5 Å². The molecule has 3 aromatic rings. The molecular weight excluding hydrogens is 372 g/mol. The Labute approximate surface area is 150 Å². The molecule has 0 unspecified atom stereocenters. The zero-order valence-corrected chi connectivity index (χ0v) is 14.3. The molecule has 1 N–H and O–H groups in total. The Hall–Kier alpha value is -2.58. The van der Waals surface area contributed by atoms with Gasteiger partial charge in [0.2, 0.25) is 5.13 Å². The van der Waals surface area contributed by atoms with Gasteiger partial charge < -0.3 is 4.74 Å². The Morgan fingerprint density at radius 1 is 1.24 bits per heavy atom. The van der Waals surface area contributed by atoms with Crippen molar-refractivity contribution in [3.05, 3.63) is 58.6 Å². The Kier molecular flexibility index (Phi) is 4.91. The van der Waals surface area contributed by atoms with E-state index in [1.807, 2.05) is 0 Å². The van der Waals surface area contributed by atoms with Crippen molar-refractivity contribution < 1.29 is 18.3 Å². The molecule has 3 rings (SSSR count). The van der Waals surface area contributed by atoms with E-state index in [0.717, 1.165) is 23.7 Å². The minimum atomic E-state index is -1.16. The predicted molar refractivity (Wildman–Crippen MR) is 91.2 cm³/mol. The van der Waals surface area contributed by atoms with Crippen molar-refractivity contribution in [2.75, 3.05) is 12.4 Å². The normalized spacial score (nSPS) is 10.6. The lowest BCUT2D eigenvalue weighted by atomic mass is 10.2. The summed E-state index contributed by atoms with van der Waals surface area (Å²) in [4.78, 5) is 16.4. The largest absolute Gasteiger partial charge is 0.497 e. The van der Waals surface area contributed by atoms with Gasteiger partial charge >= 0.3 is 0 Å². The lowest BCUT2D eigenvalue weighted by Gasteiger charge is -2.04. The fourth-order valence-corrected chi connectivity index (χ4v) is 2.84. The van der Waals surface area contributed by atoms with Crippen LogP contribution in [0.15, 0.2) is 36.4 Å². The number of aromatic nitrogens is 2. The summed E-state index contributed by atoms with van der Waals surface area (Å²) in [5.41, 5.74) is 0.514. The third-order valence-electron chi connectivity index (χ3n) is 3.23. The molecule has 25 heavy (non-hydrogen) atoms. The van der Waals surface area contributed by atoms with Gasteiger partial charge in [-0.2, -0.15) is 9.36 Å². The van der Waals surface area contributed by atoms with Crippen molar-refractivity contribution >= 4 is 34.2 Å². The Morgan fingerprint density at radius 3 is 2.76 bits per heavy atom. The van der Waals surface area contributed by atoms with Crippen LogP contribution in [0, 0.1) is 11.6 Å². The SMILES string of the molecule is COc1cccc(-c2nsc(NC(=O)c3cc(F)c(F)cc3Cl)n2)c1. The first kappa shape index (κ1) is 17.2. The molecule has 2 aromatic carbocycles. The summed E-state index contributed by atoms with van der Waals surface area (Å²) in [6.07, 6.45) is 0. The van der Waals surface area contributed by atoms with Crippen LogP contribution in [-0.2, 0) is 0 Å². The molecule has 0 spiro atoms. The first-order valence-electron chi connectivity index (χ1n) is 6.92. The van der Waals surface area contributed by atoms with Gasteiger partial charge in [0, 0.05) is 17.1 Å². The van der Waals surface area contributed by atoms with E-state index in [0.29, 0.717) is 17.1 Å². The number of hydrogen-bond donors (Lipinski definition) is 1. The van der Waals surface area contributed by atoms with E-state index in [4.69, 9.17) is 16.3 Å². The number of carbonyl (C=O) groups is 1. The summed E-state index contributed by atoms with van der Waals surface area (Å²) < 4.78 is 35.7. The van der Waals surface area contributed by atoms with Gasteiger partial charge in [-0.15, -0.1) is 0 Å². The van der Waals surface area contributed by atoms with Crippen LogP contribution < -0.4 is 10.1 Å². The standard InChI is InChI=1S/C16H10ClF2N3O2S/c1-24-9-4-2-3-8(5-9)14-20-16(25-22-14)21-15(23)10-6-12(18)13(19)7-11(10)17/h2-7H,1H3,(H,20,21,22,23). The molecule has 0 atom stereocenters. The smallest absolute Gasteiger partial charge is 0.259 e. The average Bonchev–Trinajstić information content (AvgIpc) is 3.06. The number of halogens is 3. The van der Waals surface area contributed by atoms with Gasteiger partial charge in [-0.05, 0) is 24.3 Å². The number of methoxy groups -OCH3 is 1. The number of rotatable bonds is 4. The summed E-state index contributed by atoms with van der Waals surface area (Å²) in [5, 5.41) is 2.46. The van der Waals surface area contributed by atoms with Crippen molar-refractivity contribution in [1.29, 1.82) is 0 Å². The number of anilines is 1. The van der Waals surface area contributed by atoms with E-state index < -0.39 is 17.5 Å². The van der Waals surface area contributed by atoms with Crippen LogP contribution in [0.1, 0.15) is 10.4 Å². The van der Waals surface area contributed by atoms with Gasteiger partial charge in [0.25, 0.3) is 5.91 Å². The molecule has 0 saturated carbocycles. The number of ether oxygens (including phenoxy) is 1.